The zero-order valence-corrected chi connectivity index (χ0v) is 10.8. The van der Waals surface area contributed by atoms with Crippen molar-refractivity contribution in [3.05, 3.63) is 33.9 Å². The highest BCUT2D eigenvalue weighted by molar-refractivity contribution is 5.64. The molecule has 1 aromatic carbocycles. The molecule has 1 aromatic rings. The second-order valence-electron chi connectivity index (χ2n) is 4.86. The van der Waals surface area contributed by atoms with E-state index in [0.717, 1.165) is 31.7 Å². The summed E-state index contributed by atoms with van der Waals surface area (Å²) in [5.74, 6) is 0. The number of nitrogens with zero attached hydrogens (tertiary/aromatic N) is 2. The van der Waals surface area contributed by atoms with Gasteiger partial charge in [-0.3, -0.25) is 10.1 Å². The Kier molecular flexibility index (Phi) is 4.15. The third-order valence-electron chi connectivity index (χ3n) is 3.45. The van der Waals surface area contributed by atoms with Crippen LogP contribution in [-0.2, 0) is 6.18 Å². The molecule has 0 aromatic heterocycles. The first-order valence-corrected chi connectivity index (χ1v) is 6.50. The Bertz CT molecular complexity index is 495. The van der Waals surface area contributed by atoms with Crippen molar-refractivity contribution in [3.63, 3.8) is 0 Å². The Morgan fingerprint density at radius 3 is 2.20 bits per heavy atom. The van der Waals surface area contributed by atoms with E-state index < -0.39 is 22.4 Å². The van der Waals surface area contributed by atoms with Crippen molar-refractivity contribution in [3.8, 4) is 0 Å². The van der Waals surface area contributed by atoms with Crippen LogP contribution >= 0.6 is 0 Å². The first-order chi connectivity index (χ1) is 9.39. The maximum absolute atomic E-state index is 12.6. The summed E-state index contributed by atoms with van der Waals surface area (Å²) in [6.45, 7) is 1.29. The van der Waals surface area contributed by atoms with Gasteiger partial charge < -0.3 is 4.90 Å². The van der Waals surface area contributed by atoms with Gasteiger partial charge in [-0.05, 0) is 25.0 Å². The van der Waals surface area contributed by atoms with Crippen LogP contribution < -0.4 is 4.90 Å². The molecule has 1 aliphatic rings. The number of alkyl halides is 3. The number of hydrogen-bond acceptors (Lipinski definition) is 3. The number of rotatable bonds is 2. The van der Waals surface area contributed by atoms with Gasteiger partial charge in [0.2, 0.25) is 0 Å². The van der Waals surface area contributed by atoms with Crippen LogP contribution in [0.3, 0.4) is 0 Å². The van der Waals surface area contributed by atoms with Crippen molar-refractivity contribution in [1.29, 1.82) is 0 Å². The summed E-state index contributed by atoms with van der Waals surface area (Å²) < 4.78 is 37.9. The summed E-state index contributed by atoms with van der Waals surface area (Å²) in [5.41, 5.74) is -1.17. The van der Waals surface area contributed by atoms with Crippen molar-refractivity contribution in [2.24, 2.45) is 0 Å². The lowest BCUT2D eigenvalue weighted by Gasteiger charge is -2.22. The molecular formula is C13H15F3N2O2. The van der Waals surface area contributed by atoms with Crippen LogP contribution in [-0.4, -0.2) is 18.0 Å². The molecule has 20 heavy (non-hydrogen) atoms. The summed E-state index contributed by atoms with van der Waals surface area (Å²) in [7, 11) is 0. The van der Waals surface area contributed by atoms with Crippen LogP contribution in [0.1, 0.15) is 31.2 Å². The number of benzene rings is 1. The van der Waals surface area contributed by atoms with Crippen molar-refractivity contribution >= 4 is 11.4 Å². The molecule has 1 heterocycles. The topological polar surface area (TPSA) is 46.4 Å². The van der Waals surface area contributed by atoms with E-state index in [9.17, 15) is 23.3 Å². The standard InChI is InChI=1S/C13H15F3N2O2/c14-13(15,16)10-5-6-11(12(9-10)18(19)20)17-7-3-1-2-4-8-17/h5-6,9H,1-4,7-8H2. The van der Waals surface area contributed by atoms with Crippen molar-refractivity contribution in [2.45, 2.75) is 31.9 Å². The zero-order chi connectivity index (χ0) is 14.8. The smallest absolute Gasteiger partial charge is 0.366 e. The van der Waals surface area contributed by atoms with Crippen molar-refractivity contribution in [1.82, 2.24) is 0 Å². The summed E-state index contributed by atoms with van der Waals surface area (Å²) in [5, 5.41) is 11.0. The average Bonchev–Trinajstić information content (AvgIpc) is 2.65. The Morgan fingerprint density at radius 1 is 1.10 bits per heavy atom. The lowest BCUT2D eigenvalue weighted by atomic mass is 10.1. The van der Waals surface area contributed by atoms with E-state index in [2.05, 4.69) is 0 Å². The third-order valence-corrected chi connectivity index (χ3v) is 3.45. The number of hydrogen-bond donors (Lipinski definition) is 0. The molecular weight excluding hydrogens is 273 g/mol. The third kappa shape index (κ3) is 3.20. The average molecular weight is 288 g/mol. The fourth-order valence-electron chi connectivity index (χ4n) is 2.42. The van der Waals surface area contributed by atoms with Gasteiger partial charge in [0.25, 0.3) is 5.69 Å². The van der Waals surface area contributed by atoms with E-state index in [1.165, 1.54) is 6.07 Å². The highest BCUT2D eigenvalue weighted by Gasteiger charge is 2.33. The lowest BCUT2D eigenvalue weighted by Crippen LogP contribution is -2.25. The minimum Gasteiger partial charge on any atom is -0.366 e. The second-order valence-corrected chi connectivity index (χ2v) is 4.86. The molecule has 1 fully saturated rings. The molecule has 0 bridgehead atoms. The van der Waals surface area contributed by atoms with Crippen LogP contribution in [0.25, 0.3) is 0 Å². The van der Waals surface area contributed by atoms with E-state index in [1.54, 1.807) is 0 Å². The summed E-state index contributed by atoms with van der Waals surface area (Å²) in [6.07, 6.45) is -0.672. The SMILES string of the molecule is O=[N+]([O-])c1cc(C(F)(F)F)ccc1N1CCCCCC1. The van der Waals surface area contributed by atoms with Gasteiger partial charge >= 0.3 is 6.18 Å². The fourth-order valence-corrected chi connectivity index (χ4v) is 2.42. The number of nitro benzene ring substituents is 1. The van der Waals surface area contributed by atoms with Gasteiger partial charge in [-0.25, -0.2) is 0 Å². The van der Waals surface area contributed by atoms with E-state index in [-0.39, 0.29) is 5.69 Å². The van der Waals surface area contributed by atoms with Gasteiger partial charge in [0, 0.05) is 19.2 Å². The number of anilines is 1. The summed E-state index contributed by atoms with van der Waals surface area (Å²) in [6, 6.07) is 2.75. The maximum Gasteiger partial charge on any atom is 0.416 e. The minimum atomic E-state index is -4.57. The Labute approximate surface area is 114 Å². The Hall–Kier alpha value is -1.79. The largest absolute Gasteiger partial charge is 0.416 e. The van der Waals surface area contributed by atoms with Gasteiger partial charge in [-0.2, -0.15) is 13.2 Å². The molecule has 0 N–H and O–H groups in total. The number of halogens is 3. The zero-order valence-electron chi connectivity index (χ0n) is 10.8. The number of nitro groups is 1. The highest BCUT2D eigenvalue weighted by atomic mass is 19.4. The molecule has 0 amide bonds. The van der Waals surface area contributed by atoms with E-state index in [0.29, 0.717) is 19.2 Å². The van der Waals surface area contributed by atoms with Gasteiger partial charge in [-0.1, -0.05) is 12.8 Å². The van der Waals surface area contributed by atoms with E-state index >= 15 is 0 Å². The molecule has 0 saturated carbocycles. The van der Waals surface area contributed by atoms with Crippen LogP contribution in [0.15, 0.2) is 18.2 Å². The Balaban J connectivity index is 2.39. The van der Waals surface area contributed by atoms with Gasteiger partial charge in [0.15, 0.2) is 0 Å². The molecule has 1 saturated heterocycles. The fraction of sp³-hybridized carbons (Fsp3) is 0.538. The molecule has 7 heteroatoms. The van der Waals surface area contributed by atoms with Crippen LogP contribution in [0.2, 0.25) is 0 Å². The monoisotopic (exact) mass is 288 g/mol. The first kappa shape index (κ1) is 14.6. The van der Waals surface area contributed by atoms with Crippen molar-refractivity contribution < 1.29 is 18.1 Å². The molecule has 0 atom stereocenters. The molecule has 4 nitrogen and oxygen atoms in total. The highest BCUT2D eigenvalue weighted by Crippen LogP contribution is 2.37. The second kappa shape index (κ2) is 5.68. The van der Waals surface area contributed by atoms with E-state index in [4.69, 9.17) is 0 Å². The minimum absolute atomic E-state index is 0.282. The van der Waals surface area contributed by atoms with Gasteiger partial charge in [0.1, 0.15) is 5.69 Å². The normalized spacial score (nSPS) is 16.9. The van der Waals surface area contributed by atoms with E-state index in [1.807, 2.05) is 4.90 Å². The Morgan fingerprint density at radius 2 is 1.70 bits per heavy atom. The molecule has 2 rings (SSSR count). The van der Waals surface area contributed by atoms with Gasteiger partial charge in [-0.15, -0.1) is 0 Å². The molecule has 0 spiro atoms. The molecule has 0 radical (unpaired) electrons. The molecule has 0 aliphatic carbocycles. The lowest BCUT2D eigenvalue weighted by molar-refractivity contribution is -0.384. The molecule has 1 aliphatic heterocycles. The summed E-state index contributed by atoms with van der Waals surface area (Å²) >= 11 is 0. The van der Waals surface area contributed by atoms with Crippen LogP contribution in [0, 0.1) is 10.1 Å². The van der Waals surface area contributed by atoms with Crippen LogP contribution in [0.4, 0.5) is 24.5 Å². The maximum atomic E-state index is 12.6. The van der Waals surface area contributed by atoms with Crippen LogP contribution in [0.5, 0.6) is 0 Å². The summed E-state index contributed by atoms with van der Waals surface area (Å²) in [4.78, 5) is 12.1. The predicted molar refractivity (Wildman–Crippen MR) is 68.8 cm³/mol. The van der Waals surface area contributed by atoms with Gasteiger partial charge in [0.05, 0.1) is 10.5 Å². The first-order valence-electron chi connectivity index (χ1n) is 6.50. The van der Waals surface area contributed by atoms with Crippen molar-refractivity contribution in [2.75, 3.05) is 18.0 Å². The quantitative estimate of drug-likeness (QED) is 0.610. The molecule has 0 unspecified atom stereocenters. The molecule has 110 valence electrons. The predicted octanol–water partition coefficient (Wildman–Crippen LogP) is 3.99.